The lowest BCUT2D eigenvalue weighted by Crippen LogP contribution is -2.30. The van der Waals surface area contributed by atoms with Crippen LogP contribution in [0.15, 0.2) is 12.2 Å². The lowest BCUT2D eigenvalue weighted by molar-refractivity contribution is -0.117. The van der Waals surface area contributed by atoms with Gasteiger partial charge in [0, 0.05) is 12.1 Å². The van der Waals surface area contributed by atoms with Crippen LogP contribution in [0, 0.1) is 0 Å². The Kier molecular flexibility index (Phi) is 3.96. The summed E-state index contributed by atoms with van der Waals surface area (Å²) in [6.45, 7) is 9.05. The fraction of sp³-hybridized carbons (Fsp3) is 0.667. The first-order valence-electron chi connectivity index (χ1n) is 3.99. The molecule has 0 rings (SSSR count). The summed E-state index contributed by atoms with van der Waals surface area (Å²) in [5.74, 6) is -0.153. The first-order valence-corrected chi connectivity index (χ1v) is 3.99. The van der Waals surface area contributed by atoms with Crippen LogP contribution in [0.4, 0.5) is 0 Å². The molecule has 0 saturated carbocycles. The zero-order valence-corrected chi connectivity index (χ0v) is 7.98. The third-order valence-corrected chi connectivity index (χ3v) is 1.41. The van der Waals surface area contributed by atoms with Gasteiger partial charge >= 0.3 is 0 Å². The molecular weight excluding hydrogens is 154 g/mol. The molecule has 0 fully saturated rings. The summed E-state index contributed by atoms with van der Waals surface area (Å²) < 4.78 is 0. The predicted octanol–water partition coefficient (Wildman–Crippen LogP) is 0.840. The molecule has 2 N–H and O–H groups in total. The summed E-state index contributed by atoms with van der Waals surface area (Å²) in [7, 11) is 0. The van der Waals surface area contributed by atoms with Crippen molar-refractivity contribution in [3.63, 3.8) is 0 Å². The molecule has 1 amide bonds. The third kappa shape index (κ3) is 5.92. The van der Waals surface area contributed by atoms with Crippen LogP contribution in [-0.2, 0) is 4.79 Å². The van der Waals surface area contributed by atoms with Crippen LogP contribution in [0.25, 0.3) is 0 Å². The predicted molar refractivity (Wildman–Crippen MR) is 48.7 cm³/mol. The molecule has 0 radical (unpaired) electrons. The van der Waals surface area contributed by atoms with E-state index in [0.29, 0.717) is 18.5 Å². The molecule has 70 valence electrons. The van der Waals surface area contributed by atoms with Crippen LogP contribution < -0.4 is 5.32 Å². The maximum Gasteiger partial charge on any atom is 0.246 e. The van der Waals surface area contributed by atoms with Crippen molar-refractivity contribution in [3.8, 4) is 0 Å². The van der Waals surface area contributed by atoms with Crippen molar-refractivity contribution < 1.29 is 9.90 Å². The molecule has 3 nitrogen and oxygen atoms in total. The average Bonchev–Trinajstić information content (AvgIpc) is 1.84. The van der Waals surface area contributed by atoms with Crippen LogP contribution in [0.5, 0.6) is 0 Å². The number of carbonyl (C=O) groups is 1. The lowest BCUT2D eigenvalue weighted by Gasteiger charge is -2.16. The van der Waals surface area contributed by atoms with E-state index < -0.39 is 5.60 Å². The number of hydrogen-bond donors (Lipinski definition) is 2. The number of nitrogens with one attached hydrogen (secondary N) is 1. The standard InChI is InChI=1S/C9H17NO2/c1-7(2)8(11)10-6-5-9(3,4)12/h12H,1,5-6H2,2-4H3,(H,10,11). The van der Waals surface area contributed by atoms with Gasteiger partial charge in [0.05, 0.1) is 5.60 Å². The molecule has 0 aliphatic rings. The molecule has 0 aliphatic heterocycles. The molecular formula is C9H17NO2. The zero-order chi connectivity index (χ0) is 9.78. The Hall–Kier alpha value is -0.830. The highest BCUT2D eigenvalue weighted by molar-refractivity contribution is 5.91. The van der Waals surface area contributed by atoms with Gasteiger partial charge in [-0.1, -0.05) is 6.58 Å². The molecule has 0 aromatic heterocycles. The molecule has 3 heteroatoms. The fourth-order valence-electron chi connectivity index (χ4n) is 0.633. The van der Waals surface area contributed by atoms with Crippen molar-refractivity contribution >= 4 is 5.91 Å². The molecule has 0 aromatic carbocycles. The Bertz CT molecular complexity index is 179. The number of carbonyl (C=O) groups excluding carboxylic acids is 1. The van der Waals surface area contributed by atoms with Crippen LogP contribution in [0.1, 0.15) is 27.2 Å². The highest BCUT2D eigenvalue weighted by Crippen LogP contribution is 2.04. The molecule has 0 saturated heterocycles. The summed E-state index contributed by atoms with van der Waals surface area (Å²) in [6, 6.07) is 0. The second kappa shape index (κ2) is 4.26. The van der Waals surface area contributed by atoms with Crippen molar-refractivity contribution in [2.24, 2.45) is 0 Å². The molecule has 0 atom stereocenters. The van der Waals surface area contributed by atoms with Gasteiger partial charge in [-0.15, -0.1) is 0 Å². The number of aliphatic hydroxyl groups is 1. The largest absolute Gasteiger partial charge is 0.390 e. The maximum absolute atomic E-state index is 10.9. The average molecular weight is 171 g/mol. The van der Waals surface area contributed by atoms with E-state index in [-0.39, 0.29) is 5.91 Å². The fourth-order valence-corrected chi connectivity index (χ4v) is 0.633. The van der Waals surface area contributed by atoms with Gasteiger partial charge in [-0.2, -0.15) is 0 Å². The van der Waals surface area contributed by atoms with E-state index >= 15 is 0 Å². The molecule has 0 spiro atoms. The molecule has 12 heavy (non-hydrogen) atoms. The topological polar surface area (TPSA) is 49.3 Å². The molecule has 0 aliphatic carbocycles. The third-order valence-electron chi connectivity index (χ3n) is 1.41. The van der Waals surface area contributed by atoms with E-state index in [4.69, 9.17) is 0 Å². The number of hydrogen-bond acceptors (Lipinski definition) is 2. The van der Waals surface area contributed by atoms with Gasteiger partial charge in [-0.25, -0.2) is 0 Å². The van der Waals surface area contributed by atoms with Gasteiger partial charge in [-0.3, -0.25) is 4.79 Å². The Balaban J connectivity index is 3.58. The zero-order valence-electron chi connectivity index (χ0n) is 7.98. The SMILES string of the molecule is C=C(C)C(=O)NCCC(C)(C)O. The second-order valence-electron chi connectivity index (χ2n) is 3.60. The van der Waals surface area contributed by atoms with Crippen LogP contribution in [0.3, 0.4) is 0 Å². The quantitative estimate of drug-likeness (QED) is 0.616. The Morgan fingerprint density at radius 1 is 1.58 bits per heavy atom. The van der Waals surface area contributed by atoms with Crippen molar-refractivity contribution in [1.29, 1.82) is 0 Å². The highest BCUT2D eigenvalue weighted by atomic mass is 16.3. The van der Waals surface area contributed by atoms with E-state index in [9.17, 15) is 9.90 Å². The van der Waals surface area contributed by atoms with Crippen LogP contribution >= 0.6 is 0 Å². The number of rotatable bonds is 4. The Labute approximate surface area is 73.5 Å². The molecule has 0 aromatic rings. The van der Waals surface area contributed by atoms with Gasteiger partial charge in [0.15, 0.2) is 0 Å². The van der Waals surface area contributed by atoms with Gasteiger partial charge in [0.1, 0.15) is 0 Å². The molecule has 0 bridgehead atoms. The van der Waals surface area contributed by atoms with Crippen molar-refractivity contribution in [1.82, 2.24) is 5.32 Å². The van der Waals surface area contributed by atoms with Crippen molar-refractivity contribution in [2.45, 2.75) is 32.8 Å². The van der Waals surface area contributed by atoms with Gasteiger partial charge in [-0.05, 0) is 27.2 Å². The summed E-state index contributed by atoms with van der Waals surface area (Å²) >= 11 is 0. The smallest absolute Gasteiger partial charge is 0.246 e. The normalized spacial score (nSPS) is 11.0. The minimum absolute atomic E-state index is 0.153. The van der Waals surface area contributed by atoms with E-state index in [1.54, 1.807) is 20.8 Å². The molecule has 0 heterocycles. The second-order valence-corrected chi connectivity index (χ2v) is 3.60. The van der Waals surface area contributed by atoms with Gasteiger partial charge < -0.3 is 10.4 Å². The highest BCUT2D eigenvalue weighted by Gasteiger charge is 2.12. The summed E-state index contributed by atoms with van der Waals surface area (Å²) in [4.78, 5) is 10.9. The van der Waals surface area contributed by atoms with Crippen LogP contribution in [-0.4, -0.2) is 23.2 Å². The first kappa shape index (κ1) is 11.2. The minimum atomic E-state index is -0.720. The van der Waals surface area contributed by atoms with Crippen molar-refractivity contribution in [3.05, 3.63) is 12.2 Å². The monoisotopic (exact) mass is 171 g/mol. The van der Waals surface area contributed by atoms with Gasteiger partial charge in [0.25, 0.3) is 0 Å². The summed E-state index contributed by atoms with van der Waals surface area (Å²) in [5.41, 5.74) is -0.228. The van der Waals surface area contributed by atoms with Gasteiger partial charge in [0.2, 0.25) is 5.91 Å². The Morgan fingerprint density at radius 2 is 2.08 bits per heavy atom. The van der Waals surface area contributed by atoms with Crippen molar-refractivity contribution in [2.75, 3.05) is 6.54 Å². The first-order chi connectivity index (χ1) is 5.33. The number of amides is 1. The van der Waals surface area contributed by atoms with E-state index in [0.717, 1.165) is 0 Å². The van der Waals surface area contributed by atoms with Crippen LogP contribution in [0.2, 0.25) is 0 Å². The molecule has 0 unspecified atom stereocenters. The maximum atomic E-state index is 10.9. The van der Waals surface area contributed by atoms with E-state index in [1.807, 2.05) is 0 Å². The summed E-state index contributed by atoms with van der Waals surface area (Å²) in [5, 5.41) is 11.9. The van der Waals surface area contributed by atoms with E-state index in [1.165, 1.54) is 0 Å². The minimum Gasteiger partial charge on any atom is -0.390 e. The Morgan fingerprint density at radius 3 is 2.42 bits per heavy atom. The summed E-state index contributed by atoms with van der Waals surface area (Å²) in [6.07, 6.45) is 0.548. The van der Waals surface area contributed by atoms with E-state index in [2.05, 4.69) is 11.9 Å². The lowest BCUT2D eigenvalue weighted by atomic mass is 10.1.